The highest BCUT2D eigenvalue weighted by molar-refractivity contribution is 6.23. The molecule has 1 nitrogen and oxygen atoms in total. The van der Waals surface area contributed by atoms with Crippen molar-refractivity contribution in [3.05, 3.63) is 146 Å². The van der Waals surface area contributed by atoms with Gasteiger partial charge < -0.3 is 5.32 Å². The maximum atomic E-state index is 3.55. The van der Waals surface area contributed by atoms with Crippen LogP contribution in [0.3, 0.4) is 0 Å². The van der Waals surface area contributed by atoms with Gasteiger partial charge in [-0.3, -0.25) is 0 Å². The van der Waals surface area contributed by atoms with E-state index < -0.39 is 0 Å². The van der Waals surface area contributed by atoms with E-state index in [2.05, 4.69) is 145 Å². The van der Waals surface area contributed by atoms with Crippen LogP contribution in [0.25, 0.3) is 54.6 Å². The van der Waals surface area contributed by atoms with Crippen molar-refractivity contribution in [3.8, 4) is 22.3 Å². The number of hydrogen-bond acceptors (Lipinski definition) is 1. The molecule has 0 unspecified atom stereocenters. The molecule has 7 aromatic carbocycles. The summed E-state index contributed by atoms with van der Waals surface area (Å²) in [6.07, 6.45) is 0. The number of nitrogens with one attached hydrogen (secondary N) is 1. The molecule has 1 heteroatoms. The van der Waals surface area contributed by atoms with E-state index in [-0.39, 0.29) is 0 Å². The minimum absolute atomic E-state index is 1.08. The molecule has 0 aromatic heterocycles. The molecule has 174 valence electrons. The Kier molecular flexibility index (Phi) is 5.19. The van der Waals surface area contributed by atoms with E-state index in [9.17, 15) is 0 Å². The van der Waals surface area contributed by atoms with E-state index >= 15 is 0 Å². The van der Waals surface area contributed by atoms with Crippen molar-refractivity contribution in [2.24, 2.45) is 0 Å². The lowest BCUT2D eigenvalue weighted by atomic mass is 9.91. The fraction of sp³-hybridized carbons (Fsp3) is 0. The molecule has 0 aliphatic rings. The van der Waals surface area contributed by atoms with Gasteiger partial charge in [0.05, 0.1) is 0 Å². The average Bonchev–Trinajstić information content (AvgIpc) is 2.98. The van der Waals surface area contributed by atoms with Crippen molar-refractivity contribution in [3.63, 3.8) is 0 Å². The first-order valence-electron chi connectivity index (χ1n) is 12.7. The molecule has 0 aliphatic heterocycles. The van der Waals surface area contributed by atoms with Crippen LogP contribution in [-0.2, 0) is 0 Å². The normalized spacial score (nSPS) is 11.2. The molecule has 7 aromatic rings. The molecule has 0 heterocycles. The molecule has 0 aliphatic carbocycles. The quantitative estimate of drug-likeness (QED) is 0.252. The zero-order valence-corrected chi connectivity index (χ0v) is 20.4. The van der Waals surface area contributed by atoms with Crippen molar-refractivity contribution >= 4 is 43.7 Å². The first-order chi connectivity index (χ1) is 18.3. The minimum atomic E-state index is 1.08. The summed E-state index contributed by atoms with van der Waals surface area (Å²) in [5.74, 6) is 0. The van der Waals surface area contributed by atoms with E-state index in [1.165, 1.54) is 54.6 Å². The first-order valence-corrected chi connectivity index (χ1v) is 12.7. The van der Waals surface area contributed by atoms with Crippen LogP contribution in [0.2, 0.25) is 0 Å². The summed E-state index contributed by atoms with van der Waals surface area (Å²) < 4.78 is 0. The van der Waals surface area contributed by atoms with Crippen LogP contribution in [0, 0.1) is 0 Å². The van der Waals surface area contributed by atoms with Gasteiger partial charge in [-0.15, -0.1) is 0 Å². The summed E-state index contributed by atoms with van der Waals surface area (Å²) >= 11 is 0. The number of benzene rings is 7. The largest absolute Gasteiger partial charge is 0.356 e. The standard InChI is InChI=1S/C36H25N/c1-2-8-25(9-3-1)26-16-20-30(21-17-26)37-31-22-18-28(19-23-31)35-24-29-15-14-27-10-4-5-11-32(27)36(29)34-13-7-6-12-33(34)35/h1-24,37H. The molecule has 0 saturated heterocycles. The molecule has 0 radical (unpaired) electrons. The fourth-order valence-electron chi connectivity index (χ4n) is 5.39. The fourth-order valence-corrected chi connectivity index (χ4v) is 5.39. The summed E-state index contributed by atoms with van der Waals surface area (Å²) in [4.78, 5) is 0. The van der Waals surface area contributed by atoms with Crippen LogP contribution in [0.15, 0.2) is 146 Å². The Morgan fingerprint density at radius 1 is 0.351 bits per heavy atom. The monoisotopic (exact) mass is 471 g/mol. The maximum Gasteiger partial charge on any atom is 0.0384 e. The van der Waals surface area contributed by atoms with Gasteiger partial charge in [0.1, 0.15) is 0 Å². The zero-order valence-electron chi connectivity index (χ0n) is 20.4. The Hall–Kier alpha value is -4.88. The smallest absolute Gasteiger partial charge is 0.0384 e. The van der Waals surface area contributed by atoms with E-state index in [0.29, 0.717) is 0 Å². The molecule has 0 fully saturated rings. The van der Waals surface area contributed by atoms with Crippen LogP contribution in [0.4, 0.5) is 11.4 Å². The van der Waals surface area contributed by atoms with Gasteiger partial charge in [0.2, 0.25) is 0 Å². The molecule has 7 rings (SSSR count). The summed E-state index contributed by atoms with van der Waals surface area (Å²) in [6.45, 7) is 0. The first kappa shape index (κ1) is 21.4. The predicted octanol–water partition coefficient (Wildman–Crippen LogP) is 10.2. The summed E-state index contributed by atoms with van der Waals surface area (Å²) in [5.41, 5.74) is 7.09. The topological polar surface area (TPSA) is 12.0 Å². The second-order valence-corrected chi connectivity index (χ2v) is 9.50. The number of hydrogen-bond donors (Lipinski definition) is 1. The molecular formula is C36H25N. The van der Waals surface area contributed by atoms with Crippen LogP contribution in [-0.4, -0.2) is 0 Å². The molecular weight excluding hydrogens is 446 g/mol. The SMILES string of the molecule is c1ccc(-c2ccc(Nc3ccc(-c4cc5ccc6ccccc6c5c5ccccc45)cc3)cc2)cc1. The summed E-state index contributed by atoms with van der Waals surface area (Å²) in [5, 5.41) is 11.3. The highest BCUT2D eigenvalue weighted by atomic mass is 14.9. The van der Waals surface area contributed by atoms with E-state index in [1.54, 1.807) is 0 Å². The van der Waals surface area contributed by atoms with Crippen LogP contribution in [0.1, 0.15) is 0 Å². The molecule has 0 bridgehead atoms. The Balaban J connectivity index is 1.24. The molecule has 1 N–H and O–H groups in total. The highest BCUT2D eigenvalue weighted by Gasteiger charge is 2.11. The third kappa shape index (κ3) is 3.91. The van der Waals surface area contributed by atoms with Gasteiger partial charge in [0, 0.05) is 11.4 Å². The summed E-state index contributed by atoms with van der Waals surface area (Å²) in [6, 6.07) is 52.1. The van der Waals surface area contributed by atoms with E-state index in [0.717, 1.165) is 11.4 Å². The van der Waals surface area contributed by atoms with Gasteiger partial charge in [-0.2, -0.15) is 0 Å². The zero-order chi connectivity index (χ0) is 24.6. The third-order valence-electron chi connectivity index (χ3n) is 7.22. The van der Waals surface area contributed by atoms with Crippen molar-refractivity contribution in [2.45, 2.75) is 0 Å². The third-order valence-corrected chi connectivity index (χ3v) is 7.22. The Morgan fingerprint density at radius 2 is 0.892 bits per heavy atom. The second-order valence-electron chi connectivity index (χ2n) is 9.50. The Morgan fingerprint density at radius 3 is 1.62 bits per heavy atom. The lowest BCUT2D eigenvalue weighted by Crippen LogP contribution is -1.91. The van der Waals surface area contributed by atoms with Gasteiger partial charge >= 0.3 is 0 Å². The number of anilines is 2. The average molecular weight is 472 g/mol. The van der Waals surface area contributed by atoms with E-state index in [1.807, 2.05) is 6.07 Å². The van der Waals surface area contributed by atoms with Crippen molar-refractivity contribution in [1.82, 2.24) is 0 Å². The van der Waals surface area contributed by atoms with Crippen molar-refractivity contribution in [2.75, 3.05) is 5.32 Å². The Bertz CT molecular complexity index is 1870. The van der Waals surface area contributed by atoms with Crippen LogP contribution >= 0.6 is 0 Å². The van der Waals surface area contributed by atoms with Gasteiger partial charge in [-0.05, 0) is 84.9 Å². The van der Waals surface area contributed by atoms with Crippen molar-refractivity contribution < 1.29 is 0 Å². The Labute approximate surface area is 216 Å². The number of fused-ring (bicyclic) bond motifs is 5. The minimum Gasteiger partial charge on any atom is -0.356 e. The second kappa shape index (κ2) is 8.96. The van der Waals surface area contributed by atoms with Gasteiger partial charge in [0.15, 0.2) is 0 Å². The lowest BCUT2D eigenvalue weighted by Gasteiger charge is -2.14. The van der Waals surface area contributed by atoms with Gasteiger partial charge in [-0.1, -0.05) is 115 Å². The van der Waals surface area contributed by atoms with Gasteiger partial charge in [-0.25, -0.2) is 0 Å². The molecule has 0 spiro atoms. The molecule has 0 saturated carbocycles. The molecule has 37 heavy (non-hydrogen) atoms. The maximum absolute atomic E-state index is 3.55. The van der Waals surface area contributed by atoms with Crippen LogP contribution in [0.5, 0.6) is 0 Å². The lowest BCUT2D eigenvalue weighted by molar-refractivity contribution is 1.54. The predicted molar refractivity (Wildman–Crippen MR) is 160 cm³/mol. The van der Waals surface area contributed by atoms with E-state index in [4.69, 9.17) is 0 Å². The molecule has 0 amide bonds. The number of rotatable bonds is 4. The van der Waals surface area contributed by atoms with Gasteiger partial charge in [0.25, 0.3) is 0 Å². The van der Waals surface area contributed by atoms with Crippen molar-refractivity contribution in [1.29, 1.82) is 0 Å². The summed E-state index contributed by atoms with van der Waals surface area (Å²) in [7, 11) is 0. The molecule has 0 atom stereocenters. The van der Waals surface area contributed by atoms with Crippen LogP contribution < -0.4 is 5.32 Å². The highest BCUT2D eigenvalue weighted by Crippen LogP contribution is 2.38.